The number of amides is 1. The molecule has 146 valence electrons. The van der Waals surface area contributed by atoms with Gasteiger partial charge in [-0.25, -0.2) is 4.79 Å². The van der Waals surface area contributed by atoms with Gasteiger partial charge in [0, 0.05) is 26.7 Å². The van der Waals surface area contributed by atoms with Crippen LogP contribution in [0.4, 0.5) is 4.79 Å². The van der Waals surface area contributed by atoms with Gasteiger partial charge in [0.25, 0.3) is 0 Å². The predicted molar refractivity (Wildman–Crippen MR) is 106 cm³/mol. The number of rotatable bonds is 3. The lowest BCUT2D eigenvalue weighted by Gasteiger charge is -2.40. The lowest BCUT2D eigenvalue weighted by atomic mass is 10.0. The minimum absolute atomic E-state index is 0.225. The quantitative estimate of drug-likeness (QED) is 0.633. The van der Waals surface area contributed by atoms with Crippen molar-refractivity contribution in [2.45, 2.75) is 44.8 Å². The molecule has 1 aliphatic heterocycles. The third-order valence-electron chi connectivity index (χ3n) is 5.80. The Morgan fingerprint density at radius 2 is 2.04 bits per heavy atom. The van der Waals surface area contributed by atoms with Gasteiger partial charge in [0.2, 0.25) is 0 Å². The molecule has 6 nitrogen and oxygen atoms in total. The molecule has 3 unspecified atom stereocenters. The summed E-state index contributed by atoms with van der Waals surface area (Å²) >= 11 is 0. The molecule has 0 spiro atoms. The first-order valence-electron chi connectivity index (χ1n) is 9.88. The zero-order valence-corrected chi connectivity index (χ0v) is 16.7. The van der Waals surface area contributed by atoms with Crippen LogP contribution < -0.4 is 10.6 Å². The highest BCUT2D eigenvalue weighted by Gasteiger charge is 2.55. The molecule has 1 saturated carbocycles. The third-order valence-corrected chi connectivity index (χ3v) is 5.80. The summed E-state index contributed by atoms with van der Waals surface area (Å²) in [5.74, 6) is 3.04. The highest BCUT2D eigenvalue weighted by molar-refractivity contribution is 5.80. The lowest BCUT2D eigenvalue weighted by molar-refractivity contribution is 0.00701. The number of nitrogens with zero attached hydrogens (tertiary/aromatic N) is 2. The highest BCUT2D eigenvalue weighted by Crippen LogP contribution is 2.60. The van der Waals surface area contributed by atoms with Crippen LogP contribution in [-0.4, -0.2) is 55.3 Å². The average Bonchev–Trinajstić information content (AvgIpc) is 3.09. The summed E-state index contributed by atoms with van der Waals surface area (Å²) < 4.78 is 5.39. The van der Waals surface area contributed by atoms with E-state index in [0.29, 0.717) is 19.0 Å². The second-order valence-corrected chi connectivity index (χ2v) is 8.94. The molecule has 2 aliphatic carbocycles. The van der Waals surface area contributed by atoms with E-state index in [4.69, 9.17) is 4.74 Å². The Labute approximate surface area is 161 Å². The lowest BCUT2D eigenvalue weighted by Crippen LogP contribution is -2.63. The van der Waals surface area contributed by atoms with E-state index in [-0.39, 0.29) is 12.1 Å². The van der Waals surface area contributed by atoms with E-state index < -0.39 is 5.60 Å². The van der Waals surface area contributed by atoms with Gasteiger partial charge in [-0.1, -0.05) is 24.3 Å². The summed E-state index contributed by atoms with van der Waals surface area (Å²) in [6.07, 6.45) is 0.972. The van der Waals surface area contributed by atoms with Gasteiger partial charge in [0.1, 0.15) is 5.60 Å². The number of carbonyl (C=O) groups is 1. The van der Waals surface area contributed by atoms with E-state index >= 15 is 0 Å². The molecule has 3 aliphatic rings. The number of hydrogen-bond acceptors (Lipinski definition) is 3. The molecule has 1 saturated heterocycles. The van der Waals surface area contributed by atoms with Crippen molar-refractivity contribution in [3.63, 3.8) is 0 Å². The van der Waals surface area contributed by atoms with E-state index in [0.717, 1.165) is 24.3 Å². The van der Waals surface area contributed by atoms with E-state index in [1.165, 1.54) is 12.0 Å². The van der Waals surface area contributed by atoms with Crippen molar-refractivity contribution >= 4 is 12.1 Å². The van der Waals surface area contributed by atoms with Crippen molar-refractivity contribution in [2.24, 2.45) is 16.8 Å². The fourth-order valence-corrected chi connectivity index (χ4v) is 4.41. The van der Waals surface area contributed by atoms with Gasteiger partial charge >= 0.3 is 6.09 Å². The van der Waals surface area contributed by atoms with Gasteiger partial charge in [-0.3, -0.25) is 4.99 Å². The summed E-state index contributed by atoms with van der Waals surface area (Å²) in [4.78, 5) is 18.1. The van der Waals surface area contributed by atoms with Crippen LogP contribution in [0, 0.1) is 11.8 Å². The molecule has 4 rings (SSSR count). The SMILES string of the molecule is CN=C(NCC1C2Cc3ccccc3C12)NC1CN(C(=O)OC(C)(C)C)C1. The molecular weight excluding hydrogens is 340 g/mol. The maximum Gasteiger partial charge on any atom is 0.410 e. The Kier molecular flexibility index (Phi) is 4.52. The Bertz CT molecular complexity index is 749. The number of likely N-dealkylation sites (tertiary alicyclic amines) is 1. The normalized spacial score (nSPS) is 26.7. The van der Waals surface area contributed by atoms with E-state index in [1.807, 2.05) is 20.8 Å². The molecule has 2 fully saturated rings. The zero-order valence-electron chi connectivity index (χ0n) is 16.7. The van der Waals surface area contributed by atoms with Crippen LogP contribution in [-0.2, 0) is 11.2 Å². The van der Waals surface area contributed by atoms with E-state index in [1.54, 1.807) is 17.5 Å². The standard InChI is InChI=1S/C21H30N4O2/c1-21(2,3)27-20(26)25-11-14(12-25)24-19(22-4)23-10-17-16-9-13-7-5-6-8-15(13)18(16)17/h5-8,14,16-18H,9-12H2,1-4H3,(H2,22,23,24). The molecule has 1 heterocycles. The van der Waals surface area contributed by atoms with Crippen LogP contribution in [0.15, 0.2) is 29.3 Å². The van der Waals surface area contributed by atoms with Crippen molar-refractivity contribution in [2.75, 3.05) is 26.7 Å². The molecule has 27 heavy (non-hydrogen) atoms. The van der Waals surface area contributed by atoms with Crippen LogP contribution in [0.1, 0.15) is 37.8 Å². The summed E-state index contributed by atoms with van der Waals surface area (Å²) in [6, 6.07) is 9.06. The number of ether oxygens (including phenoxy) is 1. The molecule has 1 aromatic rings. The van der Waals surface area contributed by atoms with Crippen molar-refractivity contribution in [3.05, 3.63) is 35.4 Å². The van der Waals surface area contributed by atoms with E-state index in [9.17, 15) is 4.79 Å². The van der Waals surface area contributed by atoms with Gasteiger partial charge in [0.15, 0.2) is 5.96 Å². The topological polar surface area (TPSA) is 66.0 Å². The summed E-state index contributed by atoms with van der Waals surface area (Å²) in [5, 5.41) is 6.88. The van der Waals surface area contributed by atoms with E-state index in [2.05, 4.69) is 39.9 Å². The zero-order chi connectivity index (χ0) is 19.2. The van der Waals surface area contributed by atoms with Crippen LogP contribution in [0.2, 0.25) is 0 Å². The van der Waals surface area contributed by atoms with Gasteiger partial charge in [0.05, 0.1) is 6.04 Å². The number of guanidine groups is 1. The average molecular weight is 370 g/mol. The molecule has 6 heteroatoms. The van der Waals surface area contributed by atoms with Crippen LogP contribution >= 0.6 is 0 Å². The Hall–Kier alpha value is -2.24. The number of fused-ring (bicyclic) bond motifs is 3. The van der Waals surface area contributed by atoms with Gasteiger partial charge in [-0.15, -0.1) is 0 Å². The Balaban J connectivity index is 1.20. The molecule has 0 bridgehead atoms. The molecule has 1 amide bonds. The number of carbonyl (C=O) groups excluding carboxylic acids is 1. The van der Waals surface area contributed by atoms with Crippen LogP contribution in [0.5, 0.6) is 0 Å². The first kappa shape index (κ1) is 18.1. The molecule has 0 radical (unpaired) electrons. The van der Waals surface area contributed by atoms with Crippen LogP contribution in [0.3, 0.4) is 0 Å². The number of nitrogens with one attached hydrogen (secondary N) is 2. The summed E-state index contributed by atoms with van der Waals surface area (Å²) in [5.41, 5.74) is 2.63. The van der Waals surface area contributed by atoms with Crippen molar-refractivity contribution in [1.29, 1.82) is 0 Å². The van der Waals surface area contributed by atoms with Crippen molar-refractivity contribution < 1.29 is 9.53 Å². The first-order valence-corrected chi connectivity index (χ1v) is 9.88. The van der Waals surface area contributed by atoms with Crippen LogP contribution in [0.25, 0.3) is 0 Å². The Morgan fingerprint density at radius 3 is 2.74 bits per heavy atom. The largest absolute Gasteiger partial charge is 0.444 e. The molecule has 1 aromatic carbocycles. The van der Waals surface area contributed by atoms with Gasteiger partial charge in [-0.05, 0) is 56.1 Å². The fraction of sp³-hybridized carbons (Fsp3) is 0.619. The van der Waals surface area contributed by atoms with Crippen molar-refractivity contribution in [3.8, 4) is 0 Å². The third kappa shape index (κ3) is 3.75. The van der Waals surface area contributed by atoms with Crippen molar-refractivity contribution in [1.82, 2.24) is 15.5 Å². The second-order valence-electron chi connectivity index (χ2n) is 8.94. The fourth-order valence-electron chi connectivity index (χ4n) is 4.41. The monoisotopic (exact) mass is 370 g/mol. The number of benzene rings is 1. The molecular formula is C21H30N4O2. The number of hydrogen-bond donors (Lipinski definition) is 2. The second kappa shape index (κ2) is 6.73. The summed E-state index contributed by atoms with van der Waals surface area (Å²) in [6.45, 7) is 7.91. The number of aliphatic imine (C=N–C) groups is 1. The molecule has 0 aromatic heterocycles. The minimum Gasteiger partial charge on any atom is -0.444 e. The first-order chi connectivity index (χ1) is 12.9. The Morgan fingerprint density at radius 1 is 1.30 bits per heavy atom. The van der Waals surface area contributed by atoms with Gasteiger partial charge in [-0.2, -0.15) is 0 Å². The van der Waals surface area contributed by atoms with Gasteiger partial charge < -0.3 is 20.3 Å². The predicted octanol–water partition coefficient (Wildman–Crippen LogP) is 2.36. The molecule has 3 atom stereocenters. The smallest absolute Gasteiger partial charge is 0.410 e. The highest BCUT2D eigenvalue weighted by atomic mass is 16.6. The maximum atomic E-state index is 12.0. The maximum absolute atomic E-state index is 12.0. The summed E-state index contributed by atoms with van der Waals surface area (Å²) in [7, 11) is 1.79. The minimum atomic E-state index is -0.450. The molecule has 2 N–H and O–H groups in total.